The first-order valence-electron chi connectivity index (χ1n) is 7.36. The van der Waals surface area contributed by atoms with Gasteiger partial charge in [-0.3, -0.25) is 0 Å². The summed E-state index contributed by atoms with van der Waals surface area (Å²) < 4.78 is 33.5. The molecule has 1 aliphatic heterocycles. The number of aryl methyl sites for hydroxylation is 2. The lowest BCUT2D eigenvalue weighted by atomic mass is 9.83. The van der Waals surface area contributed by atoms with Crippen molar-refractivity contribution in [1.82, 2.24) is 0 Å². The molecule has 0 saturated carbocycles. The van der Waals surface area contributed by atoms with Crippen molar-refractivity contribution in [3.05, 3.63) is 40.5 Å². The topological polar surface area (TPSA) is 9.23 Å². The van der Waals surface area contributed by atoms with Crippen LogP contribution in [0.4, 0.5) is 8.78 Å². The van der Waals surface area contributed by atoms with E-state index in [9.17, 15) is 8.78 Å². The van der Waals surface area contributed by atoms with Gasteiger partial charge in [-0.25, -0.2) is 4.39 Å². The zero-order chi connectivity index (χ0) is 14.3. The Labute approximate surface area is 118 Å². The van der Waals surface area contributed by atoms with E-state index >= 15 is 0 Å². The quantitative estimate of drug-likeness (QED) is 0.676. The molecular weight excluding hydrogens is 258 g/mol. The summed E-state index contributed by atoms with van der Waals surface area (Å²) in [6, 6.07) is 1.72. The number of benzene rings is 1. The van der Waals surface area contributed by atoms with Gasteiger partial charge in [-0.15, -0.1) is 0 Å². The summed E-state index contributed by atoms with van der Waals surface area (Å²) in [6.07, 6.45) is 7.09. The minimum Gasteiger partial charge on any atom is -0.487 e. The van der Waals surface area contributed by atoms with E-state index in [1.165, 1.54) is 5.57 Å². The van der Waals surface area contributed by atoms with Crippen LogP contribution in [0.5, 0.6) is 5.75 Å². The van der Waals surface area contributed by atoms with Crippen molar-refractivity contribution in [3.8, 4) is 5.75 Å². The van der Waals surface area contributed by atoms with Crippen LogP contribution in [0.3, 0.4) is 0 Å². The second kappa shape index (κ2) is 5.19. The Morgan fingerprint density at radius 1 is 1.10 bits per heavy atom. The minimum absolute atomic E-state index is 0.0171. The number of hydrogen-bond acceptors (Lipinski definition) is 1. The number of ether oxygens (including phenoxy) is 1. The zero-order valence-corrected chi connectivity index (χ0v) is 12.0. The predicted molar refractivity (Wildman–Crippen MR) is 74.9 cm³/mol. The highest BCUT2D eigenvalue weighted by Crippen LogP contribution is 2.38. The Kier molecular flexibility index (Phi) is 3.53. The molecule has 2 aliphatic rings. The van der Waals surface area contributed by atoms with Gasteiger partial charge in [-0.2, -0.15) is 4.39 Å². The molecule has 0 saturated heterocycles. The molecule has 2 atom stereocenters. The normalized spacial score (nSPS) is 25.7. The predicted octanol–water partition coefficient (Wildman–Crippen LogP) is 4.71. The summed E-state index contributed by atoms with van der Waals surface area (Å²) in [5.74, 6) is -1.01. The molecule has 3 heteroatoms. The van der Waals surface area contributed by atoms with Crippen molar-refractivity contribution in [3.63, 3.8) is 0 Å². The van der Waals surface area contributed by atoms with Crippen LogP contribution in [0, 0.1) is 24.5 Å². The lowest BCUT2D eigenvalue weighted by Gasteiger charge is -2.34. The Hall–Kier alpha value is -1.38. The maximum Gasteiger partial charge on any atom is 0.201 e. The fourth-order valence-corrected chi connectivity index (χ4v) is 3.28. The third kappa shape index (κ3) is 2.34. The standard InChI is InChI=1S/C17H20F2O/c1-10-3-5-12(6-4-10)14-8-7-13-9-11(2)15(18)16(19)17(13)20-14/h3,9,12,14H,4-8H2,1-2H3. The third-order valence-corrected chi connectivity index (χ3v) is 4.59. The molecule has 2 unspecified atom stereocenters. The van der Waals surface area contributed by atoms with Crippen LogP contribution < -0.4 is 4.74 Å². The van der Waals surface area contributed by atoms with Gasteiger partial charge in [0.15, 0.2) is 11.6 Å². The summed E-state index contributed by atoms with van der Waals surface area (Å²) in [5, 5.41) is 0. The van der Waals surface area contributed by atoms with Gasteiger partial charge in [0.05, 0.1) is 0 Å². The minimum atomic E-state index is -0.813. The van der Waals surface area contributed by atoms with Crippen molar-refractivity contribution in [1.29, 1.82) is 0 Å². The molecule has 3 rings (SSSR count). The molecule has 0 N–H and O–H groups in total. The molecule has 1 aliphatic carbocycles. The first kappa shape index (κ1) is 13.6. The lowest BCUT2D eigenvalue weighted by molar-refractivity contribution is 0.0971. The number of allylic oxidation sites excluding steroid dienone is 2. The van der Waals surface area contributed by atoms with Crippen LogP contribution in [-0.2, 0) is 6.42 Å². The van der Waals surface area contributed by atoms with Gasteiger partial charge in [-0.05, 0) is 69.1 Å². The summed E-state index contributed by atoms with van der Waals surface area (Å²) in [4.78, 5) is 0. The zero-order valence-electron chi connectivity index (χ0n) is 12.0. The molecule has 20 heavy (non-hydrogen) atoms. The largest absolute Gasteiger partial charge is 0.487 e. The van der Waals surface area contributed by atoms with Crippen LogP contribution in [-0.4, -0.2) is 6.10 Å². The maximum absolute atomic E-state index is 14.0. The van der Waals surface area contributed by atoms with E-state index in [2.05, 4.69) is 13.0 Å². The van der Waals surface area contributed by atoms with Crippen molar-refractivity contribution in [2.45, 2.75) is 52.1 Å². The third-order valence-electron chi connectivity index (χ3n) is 4.59. The molecule has 0 fully saturated rings. The van der Waals surface area contributed by atoms with Crippen molar-refractivity contribution < 1.29 is 13.5 Å². The molecular formula is C17H20F2O. The number of rotatable bonds is 1. The maximum atomic E-state index is 14.0. The molecule has 0 bridgehead atoms. The first-order chi connectivity index (χ1) is 9.56. The van der Waals surface area contributed by atoms with E-state index < -0.39 is 11.6 Å². The summed E-state index contributed by atoms with van der Waals surface area (Å²) in [6.45, 7) is 3.74. The second-order valence-corrected chi connectivity index (χ2v) is 6.09. The molecule has 1 heterocycles. The SMILES string of the molecule is CC1=CCC(C2CCc3cc(C)c(F)c(F)c3O2)CC1. The Bertz CT molecular complexity index is 563. The van der Waals surface area contributed by atoms with Gasteiger partial charge in [0.25, 0.3) is 0 Å². The van der Waals surface area contributed by atoms with Gasteiger partial charge in [0, 0.05) is 0 Å². The summed E-state index contributed by atoms with van der Waals surface area (Å²) >= 11 is 0. The number of hydrogen-bond donors (Lipinski definition) is 0. The average Bonchev–Trinajstić information content (AvgIpc) is 2.46. The Morgan fingerprint density at radius 2 is 1.90 bits per heavy atom. The molecule has 108 valence electrons. The van der Waals surface area contributed by atoms with Gasteiger partial charge in [0.2, 0.25) is 5.82 Å². The monoisotopic (exact) mass is 278 g/mol. The van der Waals surface area contributed by atoms with E-state index in [0.717, 1.165) is 37.7 Å². The Balaban J connectivity index is 1.83. The van der Waals surface area contributed by atoms with Gasteiger partial charge < -0.3 is 4.74 Å². The highest BCUT2D eigenvalue weighted by molar-refractivity contribution is 5.41. The van der Waals surface area contributed by atoms with Crippen LogP contribution in [0.15, 0.2) is 17.7 Å². The number of fused-ring (bicyclic) bond motifs is 1. The second-order valence-electron chi connectivity index (χ2n) is 6.09. The molecule has 0 amide bonds. The Morgan fingerprint density at radius 3 is 2.60 bits per heavy atom. The number of halogens is 2. The van der Waals surface area contributed by atoms with Crippen LogP contribution >= 0.6 is 0 Å². The van der Waals surface area contributed by atoms with E-state index in [0.29, 0.717) is 11.5 Å². The average molecular weight is 278 g/mol. The molecule has 1 aromatic carbocycles. The van der Waals surface area contributed by atoms with Crippen molar-refractivity contribution in [2.24, 2.45) is 5.92 Å². The van der Waals surface area contributed by atoms with Crippen LogP contribution in [0.2, 0.25) is 0 Å². The molecule has 0 spiro atoms. The molecule has 1 aromatic rings. The van der Waals surface area contributed by atoms with Gasteiger partial charge >= 0.3 is 0 Å². The summed E-state index contributed by atoms with van der Waals surface area (Å²) in [7, 11) is 0. The van der Waals surface area contributed by atoms with E-state index in [4.69, 9.17) is 4.74 Å². The smallest absolute Gasteiger partial charge is 0.201 e. The van der Waals surface area contributed by atoms with Crippen molar-refractivity contribution >= 4 is 0 Å². The van der Waals surface area contributed by atoms with Gasteiger partial charge in [0.1, 0.15) is 6.10 Å². The fourth-order valence-electron chi connectivity index (χ4n) is 3.28. The van der Waals surface area contributed by atoms with Crippen LogP contribution in [0.25, 0.3) is 0 Å². The first-order valence-corrected chi connectivity index (χ1v) is 7.36. The lowest BCUT2D eigenvalue weighted by Crippen LogP contribution is -2.32. The molecule has 0 aromatic heterocycles. The van der Waals surface area contributed by atoms with Crippen LogP contribution in [0.1, 0.15) is 43.7 Å². The van der Waals surface area contributed by atoms with E-state index in [1.807, 2.05) is 0 Å². The van der Waals surface area contributed by atoms with E-state index in [1.54, 1.807) is 13.0 Å². The highest BCUT2D eigenvalue weighted by Gasteiger charge is 2.31. The summed E-state index contributed by atoms with van der Waals surface area (Å²) in [5.41, 5.74) is 2.59. The van der Waals surface area contributed by atoms with E-state index in [-0.39, 0.29) is 11.9 Å². The fraction of sp³-hybridized carbons (Fsp3) is 0.529. The highest BCUT2D eigenvalue weighted by atomic mass is 19.2. The molecule has 0 radical (unpaired) electrons. The molecule has 1 nitrogen and oxygen atoms in total. The van der Waals surface area contributed by atoms with Gasteiger partial charge in [-0.1, -0.05) is 11.6 Å². The van der Waals surface area contributed by atoms with Crippen molar-refractivity contribution in [2.75, 3.05) is 0 Å².